The monoisotopic (exact) mass is 317 g/mol. The number of aromatic nitrogens is 1. The summed E-state index contributed by atoms with van der Waals surface area (Å²) in [5.41, 5.74) is 0.218. The zero-order valence-electron chi connectivity index (χ0n) is 12.4. The molecule has 1 saturated heterocycles. The van der Waals surface area contributed by atoms with Crippen LogP contribution in [-0.2, 0) is 0 Å². The van der Waals surface area contributed by atoms with E-state index in [9.17, 15) is 14.0 Å². The molecule has 6 nitrogen and oxygen atoms in total. The van der Waals surface area contributed by atoms with Crippen molar-refractivity contribution in [3.05, 3.63) is 54.0 Å². The SMILES string of the molecule is O=C(c1cncc(F)c1)N1CCCN(C(=O)c2ccco2)CC1. The molecule has 0 atom stereocenters. The molecular weight excluding hydrogens is 301 g/mol. The Morgan fingerprint density at radius 3 is 2.48 bits per heavy atom. The topological polar surface area (TPSA) is 66.7 Å². The van der Waals surface area contributed by atoms with Crippen LogP contribution < -0.4 is 0 Å². The molecule has 23 heavy (non-hydrogen) atoms. The Balaban J connectivity index is 1.66. The predicted molar refractivity (Wildman–Crippen MR) is 79.3 cm³/mol. The minimum Gasteiger partial charge on any atom is -0.459 e. The maximum atomic E-state index is 13.2. The number of hydrogen-bond donors (Lipinski definition) is 0. The van der Waals surface area contributed by atoms with E-state index in [2.05, 4.69) is 4.98 Å². The first-order chi connectivity index (χ1) is 11.1. The van der Waals surface area contributed by atoms with Crippen LogP contribution in [0.5, 0.6) is 0 Å². The molecule has 0 aromatic carbocycles. The highest BCUT2D eigenvalue weighted by molar-refractivity contribution is 5.94. The van der Waals surface area contributed by atoms with Gasteiger partial charge in [0, 0.05) is 32.4 Å². The Morgan fingerprint density at radius 2 is 1.83 bits per heavy atom. The first kappa shape index (κ1) is 15.2. The van der Waals surface area contributed by atoms with Crippen molar-refractivity contribution in [2.75, 3.05) is 26.2 Å². The Hall–Kier alpha value is -2.70. The highest BCUT2D eigenvalue weighted by atomic mass is 19.1. The lowest BCUT2D eigenvalue weighted by molar-refractivity contribution is 0.0700. The fourth-order valence-electron chi connectivity index (χ4n) is 2.59. The van der Waals surface area contributed by atoms with E-state index in [1.54, 1.807) is 21.9 Å². The molecule has 0 radical (unpaired) electrons. The standard InChI is InChI=1S/C16H16FN3O3/c17-13-9-12(10-18-11-13)15(21)19-4-2-5-20(7-6-19)16(22)14-3-1-8-23-14/h1,3,8-11H,2,4-7H2. The van der Waals surface area contributed by atoms with Crippen LogP contribution in [0.4, 0.5) is 4.39 Å². The third-order valence-corrected chi connectivity index (χ3v) is 3.75. The van der Waals surface area contributed by atoms with Crippen LogP contribution in [0.15, 0.2) is 41.3 Å². The van der Waals surface area contributed by atoms with Gasteiger partial charge in [0.25, 0.3) is 11.8 Å². The minimum absolute atomic E-state index is 0.184. The number of hydrogen-bond acceptors (Lipinski definition) is 4. The number of carbonyl (C=O) groups is 2. The molecule has 2 aromatic heterocycles. The molecule has 1 aliphatic rings. The second kappa shape index (κ2) is 6.60. The lowest BCUT2D eigenvalue weighted by Crippen LogP contribution is -2.37. The van der Waals surface area contributed by atoms with E-state index in [-0.39, 0.29) is 17.4 Å². The van der Waals surface area contributed by atoms with E-state index in [4.69, 9.17) is 4.42 Å². The molecule has 7 heteroatoms. The smallest absolute Gasteiger partial charge is 0.289 e. The molecule has 3 heterocycles. The van der Waals surface area contributed by atoms with Crippen LogP contribution >= 0.6 is 0 Å². The molecule has 2 aromatic rings. The quantitative estimate of drug-likeness (QED) is 0.847. The molecule has 120 valence electrons. The van der Waals surface area contributed by atoms with Crippen LogP contribution in [0.1, 0.15) is 27.3 Å². The molecular formula is C16H16FN3O3. The number of halogens is 1. The Kier molecular flexibility index (Phi) is 4.36. The maximum Gasteiger partial charge on any atom is 0.289 e. The summed E-state index contributed by atoms with van der Waals surface area (Å²) in [6.07, 6.45) is 4.52. The first-order valence-corrected chi connectivity index (χ1v) is 7.38. The summed E-state index contributed by atoms with van der Waals surface area (Å²) in [6.45, 7) is 1.86. The summed E-state index contributed by atoms with van der Waals surface area (Å²) in [7, 11) is 0. The number of nitrogens with zero attached hydrogens (tertiary/aromatic N) is 3. The van der Waals surface area contributed by atoms with Gasteiger partial charge in [-0.1, -0.05) is 0 Å². The van der Waals surface area contributed by atoms with E-state index in [1.165, 1.54) is 18.5 Å². The summed E-state index contributed by atoms with van der Waals surface area (Å²) < 4.78 is 18.3. The third kappa shape index (κ3) is 3.39. The average Bonchev–Trinajstić information content (AvgIpc) is 2.98. The van der Waals surface area contributed by atoms with Crippen molar-refractivity contribution in [2.45, 2.75) is 6.42 Å². The zero-order valence-corrected chi connectivity index (χ0v) is 12.4. The Bertz CT molecular complexity index is 702. The molecule has 0 aliphatic carbocycles. The summed E-state index contributed by atoms with van der Waals surface area (Å²) >= 11 is 0. The van der Waals surface area contributed by atoms with Gasteiger partial charge < -0.3 is 14.2 Å². The fourth-order valence-corrected chi connectivity index (χ4v) is 2.59. The van der Waals surface area contributed by atoms with Crippen LogP contribution in [-0.4, -0.2) is 52.8 Å². The number of carbonyl (C=O) groups excluding carboxylic acids is 2. The van der Waals surface area contributed by atoms with Crippen LogP contribution in [0, 0.1) is 5.82 Å². The van der Waals surface area contributed by atoms with Gasteiger partial charge in [-0.25, -0.2) is 4.39 Å². The van der Waals surface area contributed by atoms with E-state index < -0.39 is 5.82 Å². The van der Waals surface area contributed by atoms with Crippen LogP contribution in [0.2, 0.25) is 0 Å². The van der Waals surface area contributed by atoms with Crippen LogP contribution in [0.3, 0.4) is 0 Å². The lowest BCUT2D eigenvalue weighted by atomic mass is 10.2. The number of rotatable bonds is 2. The minimum atomic E-state index is -0.541. The highest BCUT2D eigenvalue weighted by Gasteiger charge is 2.24. The predicted octanol–water partition coefficient (Wildman–Crippen LogP) is 1.80. The van der Waals surface area contributed by atoms with E-state index in [1.807, 2.05) is 0 Å². The van der Waals surface area contributed by atoms with Crippen molar-refractivity contribution in [1.82, 2.24) is 14.8 Å². The van der Waals surface area contributed by atoms with Gasteiger partial charge in [0.05, 0.1) is 18.0 Å². The second-order valence-electron chi connectivity index (χ2n) is 5.31. The number of furan rings is 1. The van der Waals surface area contributed by atoms with E-state index in [0.29, 0.717) is 38.4 Å². The van der Waals surface area contributed by atoms with Gasteiger partial charge in [0.1, 0.15) is 5.82 Å². The lowest BCUT2D eigenvalue weighted by Gasteiger charge is -2.21. The molecule has 0 N–H and O–H groups in total. The van der Waals surface area contributed by atoms with Gasteiger partial charge in [-0.15, -0.1) is 0 Å². The van der Waals surface area contributed by atoms with E-state index in [0.717, 1.165) is 6.20 Å². The second-order valence-corrected chi connectivity index (χ2v) is 5.31. The molecule has 1 aliphatic heterocycles. The van der Waals surface area contributed by atoms with Gasteiger partial charge in [-0.05, 0) is 24.6 Å². The summed E-state index contributed by atoms with van der Waals surface area (Å²) in [6, 6.07) is 4.46. The van der Waals surface area contributed by atoms with Crippen molar-refractivity contribution in [3.8, 4) is 0 Å². The summed E-state index contributed by atoms with van der Waals surface area (Å²) in [5, 5.41) is 0. The number of amides is 2. The van der Waals surface area contributed by atoms with Gasteiger partial charge in [0.2, 0.25) is 0 Å². The summed E-state index contributed by atoms with van der Waals surface area (Å²) in [4.78, 5) is 31.7. The molecule has 0 saturated carbocycles. The van der Waals surface area contributed by atoms with Crippen molar-refractivity contribution in [2.24, 2.45) is 0 Å². The Labute approximate surface area is 132 Å². The van der Waals surface area contributed by atoms with Crippen LogP contribution in [0.25, 0.3) is 0 Å². The largest absolute Gasteiger partial charge is 0.459 e. The molecule has 0 bridgehead atoms. The molecule has 0 unspecified atom stereocenters. The van der Waals surface area contributed by atoms with Crippen molar-refractivity contribution >= 4 is 11.8 Å². The van der Waals surface area contributed by atoms with Crippen molar-refractivity contribution in [1.29, 1.82) is 0 Å². The fraction of sp³-hybridized carbons (Fsp3) is 0.312. The first-order valence-electron chi connectivity index (χ1n) is 7.38. The number of pyridine rings is 1. The molecule has 0 spiro atoms. The van der Waals surface area contributed by atoms with Gasteiger partial charge in [-0.2, -0.15) is 0 Å². The molecule has 3 rings (SSSR count). The van der Waals surface area contributed by atoms with E-state index >= 15 is 0 Å². The average molecular weight is 317 g/mol. The zero-order chi connectivity index (χ0) is 16.2. The van der Waals surface area contributed by atoms with Crippen molar-refractivity contribution < 1.29 is 18.4 Å². The third-order valence-electron chi connectivity index (χ3n) is 3.75. The highest BCUT2D eigenvalue weighted by Crippen LogP contribution is 2.12. The maximum absolute atomic E-state index is 13.2. The normalized spacial score (nSPS) is 15.3. The molecule has 2 amide bonds. The van der Waals surface area contributed by atoms with Gasteiger partial charge in [-0.3, -0.25) is 14.6 Å². The van der Waals surface area contributed by atoms with Crippen molar-refractivity contribution in [3.63, 3.8) is 0 Å². The summed E-state index contributed by atoms with van der Waals surface area (Å²) in [5.74, 6) is -0.708. The van der Waals surface area contributed by atoms with Gasteiger partial charge >= 0.3 is 0 Å². The Morgan fingerprint density at radius 1 is 1.09 bits per heavy atom. The van der Waals surface area contributed by atoms with Gasteiger partial charge in [0.15, 0.2) is 5.76 Å². The molecule has 1 fully saturated rings.